The van der Waals surface area contributed by atoms with E-state index in [4.69, 9.17) is 0 Å². The third-order valence-corrected chi connectivity index (χ3v) is 4.40. The van der Waals surface area contributed by atoms with Gasteiger partial charge in [-0.3, -0.25) is 9.59 Å². The van der Waals surface area contributed by atoms with Gasteiger partial charge in [-0.25, -0.2) is 4.39 Å². The van der Waals surface area contributed by atoms with Crippen LogP contribution >= 0.6 is 0 Å². The predicted octanol–water partition coefficient (Wildman–Crippen LogP) is 4.94. The number of hydrogen-bond acceptors (Lipinski definition) is 2. The molecule has 2 N–H and O–H groups in total. The van der Waals surface area contributed by atoms with Gasteiger partial charge < -0.3 is 10.6 Å². The zero-order valence-electron chi connectivity index (χ0n) is 15.7. The van der Waals surface area contributed by atoms with Crippen molar-refractivity contribution in [3.8, 4) is 11.1 Å². The van der Waals surface area contributed by atoms with Gasteiger partial charge in [0, 0.05) is 12.6 Å². The Hall–Kier alpha value is -3.47. The molecule has 1 atom stereocenters. The summed E-state index contributed by atoms with van der Waals surface area (Å²) in [5.74, 6) is -1.47. The van der Waals surface area contributed by atoms with Crippen LogP contribution in [0.3, 0.4) is 0 Å². The van der Waals surface area contributed by atoms with E-state index in [0.717, 1.165) is 16.7 Å². The second-order valence-corrected chi connectivity index (χ2v) is 6.56. The van der Waals surface area contributed by atoms with E-state index in [-0.39, 0.29) is 17.5 Å². The van der Waals surface area contributed by atoms with Gasteiger partial charge in [0.15, 0.2) is 0 Å². The summed E-state index contributed by atoms with van der Waals surface area (Å²) in [6, 6.07) is 21.5. The van der Waals surface area contributed by atoms with Crippen LogP contribution in [0.4, 0.5) is 10.1 Å². The lowest BCUT2D eigenvalue weighted by atomic mass is 10.0. The lowest BCUT2D eigenvalue weighted by Gasteiger charge is -2.16. The number of rotatable bonds is 5. The molecule has 142 valence electrons. The monoisotopic (exact) mass is 376 g/mol. The van der Waals surface area contributed by atoms with Crippen LogP contribution in [0.25, 0.3) is 11.1 Å². The second kappa shape index (κ2) is 8.48. The molecule has 0 spiro atoms. The minimum atomic E-state index is -0.641. The van der Waals surface area contributed by atoms with Crippen LogP contribution in [0.5, 0.6) is 0 Å². The first-order valence-electron chi connectivity index (χ1n) is 8.97. The van der Waals surface area contributed by atoms with E-state index in [0.29, 0.717) is 5.69 Å². The summed E-state index contributed by atoms with van der Waals surface area (Å²) in [7, 11) is 0. The van der Waals surface area contributed by atoms with Crippen LogP contribution in [-0.2, 0) is 4.79 Å². The molecule has 28 heavy (non-hydrogen) atoms. The van der Waals surface area contributed by atoms with Crippen molar-refractivity contribution in [3.05, 3.63) is 89.7 Å². The summed E-state index contributed by atoms with van der Waals surface area (Å²) in [6.07, 6.45) is 0. The van der Waals surface area contributed by atoms with Crippen molar-refractivity contribution < 1.29 is 14.0 Å². The van der Waals surface area contributed by atoms with Gasteiger partial charge in [0.1, 0.15) is 5.82 Å². The second-order valence-electron chi connectivity index (χ2n) is 6.56. The van der Waals surface area contributed by atoms with Gasteiger partial charge in [-0.1, -0.05) is 54.6 Å². The van der Waals surface area contributed by atoms with Gasteiger partial charge >= 0.3 is 0 Å². The third-order valence-electron chi connectivity index (χ3n) is 4.40. The standard InChI is InChI=1S/C23H21FN2O2/c1-15(17-8-10-19(11-9-17)18-6-4-3-5-7-18)25-23(28)21-14-20(26-16(2)27)12-13-22(21)24/h3-15H,1-2H3,(H,25,28)(H,26,27). The highest BCUT2D eigenvalue weighted by molar-refractivity contribution is 5.97. The average molecular weight is 376 g/mol. The molecule has 3 aromatic carbocycles. The molecule has 0 aliphatic heterocycles. The van der Waals surface area contributed by atoms with Crippen molar-refractivity contribution in [2.24, 2.45) is 0 Å². The van der Waals surface area contributed by atoms with Gasteiger partial charge in [-0.05, 0) is 41.8 Å². The number of halogens is 1. The highest BCUT2D eigenvalue weighted by atomic mass is 19.1. The van der Waals surface area contributed by atoms with Crippen molar-refractivity contribution in [2.45, 2.75) is 19.9 Å². The molecule has 3 aromatic rings. The van der Waals surface area contributed by atoms with Crippen molar-refractivity contribution in [1.29, 1.82) is 0 Å². The van der Waals surface area contributed by atoms with Gasteiger partial charge in [0.25, 0.3) is 5.91 Å². The van der Waals surface area contributed by atoms with Gasteiger partial charge in [-0.2, -0.15) is 0 Å². The van der Waals surface area contributed by atoms with Crippen LogP contribution in [0.1, 0.15) is 35.8 Å². The molecular weight excluding hydrogens is 355 g/mol. The number of hydrogen-bond donors (Lipinski definition) is 2. The number of benzene rings is 3. The molecule has 4 nitrogen and oxygen atoms in total. The molecule has 0 fully saturated rings. The molecule has 0 aromatic heterocycles. The smallest absolute Gasteiger partial charge is 0.254 e. The molecule has 0 saturated carbocycles. The molecule has 0 bridgehead atoms. The van der Waals surface area contributed by atoms with Crippen LogP contribution in [0.2, 0.25) is 0 Å². The van der Waals surface area contributed by atoms with Crippen LogP contribution in [0.15, 0.2) is 72.8 Å². The Morgan fingerprint density at radius 2 is 1.54 bits per heavy atom. The SMILES string of the molecule is CC(=O)Nc1ccc(F)c(C(=O)NC(C)c2ccc(-c3ccccc3)cc2)c1. The number of carbonyl (C=O) groups excluding carboxylic acids is 2. The number of amides is 2. The molecule has 3 rings (SSSR count). The van der Waals surface area contributed by atoms with Crippen LogP contribution in [-0.4, -0.2) is 11.8 Å². The quantitative estimate of drug-likeness (QED) is 0.662. The number of carbonyl (C=O) groups is 2. The minimum Gasteiger partial charge on any atom is -0.345 e. The Morgan fingerprint density at radius 1 is 0.893 bits per heavy atom. The van der Waals surface area contributed by atoms with E-state index >= 15 is 0 Å². The fourth-order valence-electron chi connectivity index (χ4n) is 2.93. The number of nitrogens with one attached hydrogen (secondary N) is 2. The van der Waals surface area contributed by atoms with E-state index in [2.05, 4.69) is 10.6 Å². The first-order chi connectivity index (χ1) is 13.4. The topological polar surface area (TPSA) is 58.2 Å². The normalized spacial score (nSPS) is 11.5. The maximum Gasteiger partial charge on any atom is 0.254 e. The molecule has 0 saturated heterocycles. The van der Waals surface area contributed by atoms with Gasteiger partial charge in [0.2, 0.25) is 5.91 Å². The van der Waals surface area contributed by atoms with Crippen molar-refractivity contribution in [2.75, 3.05) is 5.32 Å². The molecule has 0 heterocycles. The van der Waals surface area contributed by atoms with Gasteiger partial charge in [0.05, 0.1) is 11.6 Å². The van der Waals surface area contributed by atoms with Crippen molar-refractivity contribution in [3.63, 3.8) is 0 Å². The van der Waals surface area contributed by atoms with Crippen molar-refractivity contribution in [1.82, 2.24) is 5.32 Å². The van der Waals surface area contributed by atoms with Crippen LogP contribution < -0.4 is 10.6 Å². The zero-order valence-corrected chi connectivity index (χ0v) is 15.7. The van der Waals surface area contributed by atoms with E-state index in [1.807, 2.05) is 61.5 Å². The summed E-state index contributed by atoms with van der Waals surface area (Å²) >= 11 is 0. The predicted molar refractivity (Wildman–Crippen MR) is 108 cm³/mol. The molecule has 1 unspecified atom stereocenters. The highest BCUT2D eigenvalue weighted by Crippen LogP contribution is 2.22. The maximum atomic E-state index is 14.1. The van der Waals surface area contributed by atoms with E-state index in [1.165, 1.54) is 25.1 Å². The lowest BCUT2D eigenvalue weighted by molar-refractivity contribution is -0.114. The summed E-state index contributed by atoms with van der Waals surface area (Å²) in [5.41, 5.74) is 3.36. The zero-order chi connectivity index (χ0) is 20.1. The fourth-order valence-corrected chi connectivity index (χ4v) is 2.93. The Kier molecular flexibility index (Phi) is 5.84. The Bertz CT molecular complexity index is 985. The third kappa shape index (κ3) is 4.62. The van der Waals surface area contributed by atoms with Crippen LogP contribution in [0, 0.1) is 5.82 Å². The maximum absolute atomic E-state index is 14.1. The largest absolute Gasteiger partial charge is 0.345 e. The Balaban J connectivity index is 1.73. The Morgan fingerprint density at radius 3 is 2.18 bits per heavy atom. The summed E-state index contributed by atoms with van der Waals surface area (Å²) < 4.78 is 14.1. The number of anilines is 1. The summed E-state index contributed by atoms with van der Waals surface area (Å²) in [5, 5.41) is 5.35. The molecule has 2 amide bonds. The highest BCUT2D eigenvalue weighted by Gasteiger charge is 2.16. The molecular formula is C23H21FN2O2. The first kappa shape index (κ1) is 19.3. The Labute approximate surface area is 163 Å². The van der Waals surface area contributed by atoms with E-state index in [9.17, 15) is 14.0 Å². The van der Waals surface area contributed by atoms with E-state index in [1.54, 1.807) is 0 Å². The summed E-state index contributed by atoms with van der Waals surface area (Å²) in [6.45, 7) is 3.19. The molecule has 5 heteroatoms. The molecule has 0 radical (unpaired) electrons. The first-order valence-corrected chi connectivity index (χ1v) is 8.97. The fraction of sp³-hybridized carbons (Fsp3) is 0.130. The summed E-state index contributed by atoms with van der Waals surface area (Å²) in [4.78, 5) is 23.7. The molecule has 0 aliphatic rings. The van der Waals surface area contributed by atoms with Crippen molar-refractivity contribution >= 4 is 17.5 Å². The van der Waals surface area contributed by atoms with Gasteiger partial charge in [-0.15, -0.1) is 0 Å². The average Bonchev–Trinajstić information content (AvgIpc) is 2.69. The minimum absolute atomic E-state index is 0.112. The van der Waals surface area contributed by atoms with E-state index < -0.39 is 11.7 Å². The lowest BCUT2D eigenvalue weighted by Crippen LogP contribution is -2.27. The molecule has 0 aliphatic carbocycles.